The fourth-order valence-corrected chi connectivity index (χ4v) is 1.24. The van der Waals surface area contributed by atoms with E-state index in [-0.39, 0.29) is 18.6 Å². The molecule has 0 saturated heterocycles. The Bertz CT molecular complexity index is 380. The molecule has 1 nitrogen and oxygen atoms in total. The molecule has 102 valence electrons. The monoisotopic (exact) mass is 292 g/mol. The molecule has 1 rings (SSSR count). The number of rotatable bonds is 3. The topological polar surface area (TPSA) is 9.23 Å². The zero-order valence-electron chi connectivity index (χ0n) is 8.70. The van der Waals surface area contributed by atoms with Gasteiger partial charge in [-0.25, -0.2) is 0 Å². The first-order valence-corrected chi connectivity index (χ1v) is 5.16. The lowest BCUT2D eigenvalue weighted by Gasteiger charge is -2.14. The van der Waals surface area contributed by atoms with Crippen molar-refractivity contribution in [3.63, 3.8) is 0 Å². The van der Waals surface area contributed by atoms with Gasteiger partial charge in [-0.05, 0) is 18.2 Å². The maximum atomic E-state index is 12.4. The Kier molecular flexibility index (Phi) is 4.37. The lowest BCUT2D eigenvalue weighted by atomic mass is 10.1. The van der Waals surface area contributed by atoms with E-state index in [2.05, 4.69) is 0 Å². The van der Waals surface area contributed by atoms with Crippen LogP contribution in [0.3, 0.4) is 0 Å². The molecule has 18 heavy (non-hydrogen) atoms. The van der Waals surface area contributed by atoms with Crippen molar-refractivity contribution in [3.05, 3.63) is 29.3 Å². The summed E-state index contributed by atoms with van der Waals surface area (Å²) in [5.41, 5.74) is -2.83. The van der Waals surface area contributed by atoms with Gasteiger partial charge in [-0.2, -0.15) is 26.3 Å². The van der Waals surface area contributed by atoms with Crippen LogP contribution in [0.2, 0.25) is 0 Å². The summed E-state index contributed by atoms with van der Waals surface area (Å²) >= 11 is 5.24. The lowest BCUT2D eigenvalue weighted by molar-refractivity contribution is -0.143. The van der Waals surface area contributed by atoms with Crippen LogP contribution in [0.25, 0.3) is 0 Å². The third-order valence-corrected chi connectivity index (χ3v) is 2.06. The van der Waals surface area contributed by atoms with E-state index in [9.17, 15) is 26.3 Å². The van der Waals surface area contributed by atoms with E-state index in [1.165, 1.54) is 0 Å². The van der Waals surface area contributed by atoms with Crippen LogP contribution in [0.5, 0.6) is 5.75 Å². The second-order valence-electron chi connectivity index (χ2n) is 3.28. The van der Waals surface area contributed by atoms with Crippen LogP contribution in [0, 0.1) is 0 Å². The van der Waals surface area contributed by atoms with E-state index < -0.39 is 29.2 Å². The molecule has 0 atom stereocenters. The van der Waals surface area contributed by atoms with Crippen LogP contribution in [-0.2, 0) is 12.4 Å². The smallest absolute Gasteiger partial charge is 0.416 e. The van der Waals surface area contributed by atoms with Crippen molar-refractivity contribution >= 4 is 11.6 Å². The first-order chi connectivity index (χ1) is 8.14. The van der Waals surface area contributed by atoms with E-state index in [0.717, 1.165) is 0 Å². The summed E-state index contributed by atoms with van der Waals surface area (Å²) in [6.07, 6.45) is -9.75. The maximum Gasteiger partial charge on any atom is 0.416 e. The van der Waals surface area contributed by atoms with Crippen molar-refractivity contribution in [1.29, 1.82) is 0 Å². The van der Waals surface area contributed by atoms with Crippen LogP contribution >= 0.6 is 11.6 Å². The standard InChI is InChI=1S/C10H7ClF6O/c11-1-2-18-8-4-6(9(12,13)14)3-7(5-8)10(15,16)17/h3-5H,1-2H2. The highest BCUT2D eigenvalue weighted by atomic mass is 35.5. The van der Waals surface area contributed by atoms with Crippen LogP contribution in [0.15, 0.2) is 18.2 Å². The molecule has 0 aromatic heterocycles. The van der Waals surface area contributed by atoms with Crippen LogP contribution < -0.4 is 4.74 Å². The molecule has 0 bridgehead atoms. The highest BCUT2D eigenvalue weighted by Crippen LogP contribution is 2.38. The molecule has 0 spiro atoms. The van der Waals surface area contributed by atoms with E-state index in [1.807, 2.05) is 0 Å². The molecule has 0 heterocycles. The Labute approximate surface area is 103 Å². The normalized spacial score (nSPS) is 12.6. The molecular formula is C10H7ClF6O. The van der Waals surface area contributed by atoms with E-state index >= 15 is 0 Å². The molecule has 0 amide bonds. The second kappa shape index (κ2) is 5.26. The summed E-state index contributed by atoms with van der Waals surface area (Å²) in [6, 6.07) is 1.04. The van der Waals surface area contributed by atoms with E-state index in [4.69, 9.17) is 16.3 Å². The average Bonchev–Trinajstić information content (AvgIpc) is 2.23. The molecule has 0 unspecified atom stereocenters. The highest BCUT2D eigenvalue weighted by Gasteiger charge is 2.37. The minimum absolute atomic E-state index is 0.0353. The number of halogens is 7. The zero-order valence-corrected chi connectivity index (χ0v) is 9.46. The van der Waals surface area contributed by atoms with Gasteiger partial charge in [-0.3, -0.25) is 0 Å². The number of alkyl halides is 7. The fraction of sp³-hybridized carbons (Fsp3) is 0.400. The summed E-state index contributed by atoms with van der Waals surface area (Å²) in [5, 5.41) is 0. The predicted molar refractivity (Wildman–Crippen MR) is 52.7 cm³/mol. The van der Waals surface area contributed by atoms with Crippen molar-refractivity contribution in [2.45, 2.75) is 12.4 Å². The SMILES string of the molecule is FC(F)(F)c1cc(OCCCl)cc(C(F)(F)F)c1. The molecule has 0 aliphatic rings. The van der Waals surface area contributed by atoms with Gasteiger partial charge in [-0.1, -0.05) is 0 Å². The molecule has 0 fully saturated rings. The quantitative estimate of drug-likeness (QED) is 0.595. The molecular weight excluding hydrogens is 286 g/mol. The first kappa shape index (κ1) is 14.9. The molecule has 0 aliphatic heterocycles. The van der Waals surface area contributed by atoms with Gasteiger partial charge < -0.3 is 4.74 Å². The van der Waals surface area contributed by atoms with E-state index in [0.29, 0.717) is 12.1 Å². The molecule has 0 radical (unpaired) electrons. The maximum absolute atomic E-state index is 12.4. The van der Waals surface area contributed by atoms with Crippen molar-refractivity contribution in [2.24, 2.45) is 0 Å². The molecule has 1 aromatic carbocycles. The number of benzene rings is 1. The fourth-order valence-electron chi connectivity index (χ4n) is 1.17. The van der Waals surface area contributed by atoms with Gasteiger partial charge in [-0.15, -0.1) is 11.6 Å². The third-order valence-electron chi connectivity index (χ3n) is 1.91. The predicted octanol–water partition coefficient (Wildman–Crippen LogP) is 4.34. The third kappa shape index (κ3) is 3.97. The van der Waals surface area contributed by atoms with Gasteiger partial charge in [0.1, 0.15) is 12.4 Å². The molecule has 0 N–H and O–H groups in total. The van der Waals surface area contributed by atoms with Gasteiger partial charge in [0.25, 0.3) is 0 Å². The van der Waals surface area contributed by atoms with E-state index in [1.54, 1.807) is 0 Å². The summed E-state index contributed by atoms with van der Waals surface area (Å²) in [6.45, 7) is -0.180. The van der Waals surface area contributed by atoms with Gasteiger partial charge >= 0.3 is 12.4 Å². The van der Waals surface area contributed by atoms with Crippen LogP contribution in [0.1, 0.15) is 11.1 Å². The van der Waals surface area contributed by atoms with Gasteiger partial charge in [0, 0.05) is 0 Å². The molecule has 8 heteroatoms. The first-order valence-electron chi connectivity index (χ1n) is 4.63. The second-order valence-corrected chi connectivity index (χ2v) is 3.66. The van der Waals surface area contributed by atoms with Gasteiger partial charge in [0.2, 0.25) is 0 Å². The Morgan fingerprint density at radius 3 is 1.67 bits per heavy atom. The summed E-state index contributed by atoms with van der Waals surface area (Å²) in [7, 11) is 0. The van der Waals surface area contributed by atoms with Crippen LogP contribution in [0.4, 0.5) is 26.3 Å². The number of ether oxygens (including phenoxy) is 1. The van der Waals surface area contributed by atoms with Crippen molar-refractivity contribution in [2.75, 3.05) is 12.5 Å². The van der Waals surface area contributed by atoms with Crippen molar-refractivity contribution in [1.82, 2.24) is 0 Å². The number of hydrogen-bond acceptors (Lipinski definition) is 1. The summed E-state index contributed by atoms with van der Waals surface area (Å²) in [5.74, 6) is -0.560. The summed E-state index contributed by atoms with van der Waals surface area (Å²) < 4.78 is 79.2. The Balaban J connectivity index is 3.21. The minimum atomic E-state index is -4.87. The molecule has 1 aromatic rings. The molecule has 0 saturated carbocycles. The number of hydrogen-bond donors (Lipinski definition) is 0. The Hall–Kier alpha value is -1.11. The highest BCUT2D eigenvalue weighted by molar-refractivity contribution is 6.18. The average molecular weight is 293 g/mol. The van der Waals surface area contributed by atoms with Crippen LogP contribution in [-0.4, -0.2) is 12.5 Å². The molecule has 0 aliphatic carbocycles. The van der Waals surface area contributed by atoms with Gasteiger partial charge in [0.15, 0.2) is 0 Å². The lowest BCUT2D eigenvalue weighted by Crippen LogP contribution is -2.11. The Morgan fingerprint density at radius 1 is 0.889 bits per heavy atom. The zero-order chi connectivity index (χ0) is 14.0. The van der Waals surface area contributed by atoms with Crippen molar-refractivity contribution < 1.29 is 31.1 Å². The minimum Gasteiger partial charge on any atom is -0.492 e. The summed E-state index contributed by atoms with van der Waals surface area (Å²) in [4.78, 5) is 0. The Morgan fingerprint density at radius 2 is 1.33 bits per heavy atom. The largest absolute Gasteiger partial charge is 0.492 e. The van der Waals surface area contributed by atoms with Crippen molar-refractivity contribution in [3.8, 4) is 5.75 Å². The van der Waals surface area contributed by atoms with Gasteiger partial charge in [0.05, 0.1) is 17.0 Å².